The number of aromatic amines is 1. The highest BCUT2D eigenvalue weighted by Gasteiger charge is 2.42. The van der Waals surface area contributed by atoms with Crippen LogP contribution in [0, 0.1) is 5.41 Å². The maximum atomic E-state index is 13.6. The van der Waals surface area contributed by atoms with Gasteiger partial charge in [-0.25, -0.2) is 9.97 Å². The van der Waals surface area contributed by atoms with Gasteiger partial charge in [0.1, 0.15) is 5.82 Å². The number of anilines is 2. The average Bonchev–Trinajstić information content (AvgIpc) is 3.54. The number of thiazole rings is 1. The van der Waals surface area contributed by atoms with Crippen LogP contribution in [0.5, 0.6) is 0 Å². The Morgan fingerprint density at radius 3 is 2.68 bits per heavy atom. The quantitative estimate of drug-likeness (QED) is 0.344. The number of carbonyl (C=O) groups excluding carboxylic acids is 3. The van der Waals surface area contributed by atoms with Crippen LogP contribution in [0.2, 0.25) is 0 Å². The largest absolute Gasteiger partial charge is 0.383 e. The molecule has 4 N–H and O–H groups in total. The number of carbonyl (C=O) groups is 3. The van der Waals surface area contributed by atoms with Gasteiger partial charge in [-0.3, -0.25) is 19.5 Å². The van der Waals surface area contributed by atoms with Crippen LogP contribution in [0.3, 0.4) is 0 Å². The Hall–Kier alpha value is -4.06. The molecule has 4 heterocycles. The summed E-state index contributed by atoms with van der Waals surface area (Å²) >= 11 is 1.52. The SMILES string of the molecule is CC1CN(C(=O)C(=O)Nc2cnc(N)c3cn[nH]c23)C(c2ccc3scnc3c2)CN1C(=O)C(C)(C)C. The number of piperazine rings is 1. The fourth-order valence-corrected chi connectivity index (χ4v) is 5.29. The van der Waals surface area contributed by atoms with E-state index >= 15 is 0 Å². The van der Waals surface area contributed by atoms with Crippen LogP contribution in [-0.4, -0.2) is 66.8 Å². The first-order chi connectivity index (χ1) is 17.5. The van der Waals surface area contributed by atoms with Crippen LogP contribution in [-0.2, 0) is 14.4 Å². The molecular formula is C25H28N8O3S. The molecule has 0 aliphatic carbocycles. The van der Waals surface area contributed by atoms with Crippen molar-refractivity contribution in [1.29, 1.82) is 0 Å². The monoisotopic (exact) mass is 520 g/mol. The second-order valence-electron chi connectivity index (χ2n) is 10.3. The molecule has 5 rings (SSSR count). The van der Waals surface area contributed by atoms with E-state index in [1.54, 1.807) is 10.4 Å². The van der Waals surface area contributed by atoms with Gasteiger partial charge in [-0.1, -0.05) is 26.8 Å². The number of nitrogens with two attached hydrogens (primary N) is 1. The normalized spacial score (nSPS) is 18.4. The number of fused-ring (bicyclic) bond motifs is 2. The number of nitrogens with one attached hydrogen (secondary N) is 2. The van der Waals surface area contributed by atoms with Crippen LogP contribution in [0.15, 0.2) is 36.1 Å². The Morgan fingerprint density at radius 2 is 1.92 bits per heavy atom. The van der Waals surface area contributed by atoms with Crippen LogP contribution >= 0.6 is 11.3 Å². The lowest BCUT2D eigenvalue weighted by molar-refractivity contribution is -0.154. The zero-order chi connectivity index (χ0) is 26.5. The Bertz CT molecular complexity index is 1520. The van der Waals surface area contributed by atoms with Crippen molar-refractivity contribution in [2.75, 3.05) is 24.1 Å². The summed E-state index contributed by atoms with van der Waals surface area (Å²) in [4.78, 5) is 51.9. The zero-order valence-electron chi connectivity index (χ0n) is 21.0. The van der Waals surface area contributed by atoms with E-state index in [1.807, 2.05) is 45.9 Å². The molecule has 0 saturated carbocycles. The van der Waals surface area contributed by atoms with Crippen molar-refractivity contribution in [3.05, 3.63) is 41.7 Å². The molecule has 1 aliphatic rings. The van der Waals surface area contributed by atoms with E-state index in [1.165, 1.54) is 28.6 Å². The molecular weight excluding hydrogens is 492 g/mol. The first-order valence-electron chi connectivity index (χ1n) is 11.9. The van der Waals surface area contributed by atoms with Crippen LogP contribution < -0.4 is 11.1 Å². The topological polar surface area (TPSA) is 150 Å². The molecule has 0 radical (unpaired) electrons. The van der Waals surface area contributed by atoms with Gasteiger partial charge >= 0.3 is 11.8 Å². The average molecular weight is 521 g/mol. The maximum Gasteiger partial charge on any atom is 0.314 e. The Morgan fingerprint density at radius 1 is 1.14 bits per heavy atom. The molecule has 11 nitrogen and oxygen atoms in total. The summed E-state index contributed by atoms with van der Waals surface area (Å²) < 4.78 is 1.02. The molecule has 12 heteroatoms. The van der Waals surface area contributed by atoms with Crippen molar-refractivity contribution < 1.29 is 14.4 Å². The Kier molecular flexibility index (Phi) is 6.06. The van der Waals surface area contributed by atoms with Gasteiger partial charge in [0, 0.05) is 24.5 Å². The van der Waals surface area contributed by atoms with E-state index in [0.29, 0.717) is 16.6 Å². The summed E-state index contributed by atoms with van der Waals surface area (Å²) in [5.41, 5.74) is 9.45. The molecule has 0 spiro atoms. The van der Waals surface area contributed by atoms with Gasteiger partial charge in [-0.05, 0) is 24.6 Å². The number of hydrogen-bond donors (Lipinski definition) is 3. The molecule has 3 amide bonds. The van der Waals surface area contributed by atoms with Crippen LogP contribution in [0.1, 0.15) is 39.3 Å². The number of nitrogens with zero attached hydrogens (tertiary/aromatic N) is 5. The van der Waals surface area contributed by atoms with Crippen molar-refractivity contribution in [2.45, 2.75) is 39.8 Å². The minimum atomic E-state index is -0.815. The number of nitrogen functional groups attached to an aromatic ring is 1. The molecule has 1 aliphatic heterocycles. The summed E-state index contributed by atoms with van der Waals surface area (Å²) in [5.74, 6) is -1.27. The predicted molar refractivity (Wildman–Crippen MR) is 142 cm³/mol. The van der Waals surface area contributed by atoms with E-state index in [9.17, 15) is 14.4 Å². The van der Waals surface area contributed by atoms with Crippen molar-refractivity contribution in [2.24, 2.45) is 5.41 Å². The standard InChI is InChI=1S/C25H28N8O3S/c1-13-10-33(23(35)22(34)30-17-9-27-21(26)15-8-29-31-20(15)17)18(11-32(13)24(36)25(2,3)4)14-5-6-19-16(7-14)28-12-37-19/h5-9,12-13,18H,10-11H2,1-4H3,(H2,26,27)(H,29,31)(H,30,34). The van der Waals surface area contributed by atoms with Gasteiger partial charge in [-0.2, -0.15) is 5.10 Å². The summed E-state index contributed by atoms with van der Waals surface area (Å²) in [6, 6.07) is 5.00. The number of pyridine rings is 1. The molecule has 0 bridgehead atoms. The van der Waals surface area contributed by atoms with Gasteiger partial charge < -0.3 is 20.9 Å². The fourth-order valence-electron chi connectivity index (χ4n) is 4.64. The second kappa shape index (κ2) is 9.11. The van der Waals surface area contributed by atoms with Crippen molar-refractivity contribution in [3.8, 4) is 0 Å². The highest BCUT2D eigenvalue weighted by molar-refractivity contribution is 7.16. The van der Waals surface area contributed by atoms with Crippen molar-refractivity contribution in [3.63, 3.8) is 0 Å². The summed E-state index contributed by atoms with van der Waals surface area (Å²) in [7, 11) is 0. The summed E-state index contributed by atoms with van der Waals surface area (Å²) in [6.45, 7) is 7.98. The molecule has 37 heavy (non-hydrogen) atoms. The minimum absolute atomic E-state index is 0.00845. The molecule has 4 aromatic rings. The van der Waals surface area contributed by atoms with E-state index in [2.05, 4.69) is 25.5 Å². The van der Waals surface area contributed by atoms with Crippen molar-refractivity contribution in [1.82, 2.24) is 30.0 Å². The fraction of sp³-hybridized carbons (Fsp3) is 0.360. The zero-order valence-corrected chi connectivity index (χ0v) is 21.8. The third-order valence-corrected chi connectivity index (χ3v) is 7.41. The maximum absolute atomic E-state index is 13.6. The third-order valence-electron chi connectivity index (χ3n) is 6.60. The van der Waals surface area contributed by atoms with Crippen molar-refractivity contribution >= 4 is 61.7 Å². The molecule has 3 aromatic heterocycles. The number of amides is 3. The first-order valence-corrected chi connectivity index (χ1v) is 12.8. The lowest BCUT2D eigenvalue weighted by Crippen LogP contribution is -2.60. The summed E-state index contributed by atoms with van der Waals surface area (Å²) in [5, 5.41) is 9.94. The number of rotatable bonds is 2. The number of aromatic nitrogens is 4. The van der Waals surface area contributed by atoms with Gasteiger partial charge in [-0.15, -0.1) is 11.3 Å². The molecule has 2 atom stereocenters. The van der Waals surface area contributed by atoms with Crippen LogP contribution in [0.25, 0.3) is 21.1 Å². The van der Waals surface area contributed by atoms with E-state index in [0.717, 1.165) is 15.8 Å². The van der Waals surface area contributed by atoms with Gasteiger partial charge in [0.2, 0.25) is 5.91 Å². The van der Waals surface area contributed by atoms with E-state index < -0.39 is 23.3 Å². The van der Waals surface area contributed by atoms with Gasteiger partial charge in [0.05, 0.1) is 50.8 Å². The highest BCUT2D eigenvalue weighted by Crippen LogP contribution is 2.33. The van der Waals surface area contributed by atoms with E-state index in [4.69, 9.17) is 5.73 Å². The highest BCUT2D eigenvalue weighted by atomic mass is 32.1. The molecule has 1 aromatic carbocycles. The van der Waals surface area contributed by atoms with Gasteiger partial charge in [0.25, 0.3) is 0 Å². The lowest BCUT2D eigenvalue weighted by Gasteiger charge is -2.46. The smallest absolute Gasteiger partial charge is 0.314 e. The Labute approximate surface area is 217 Å². The third kappa shape index (κ3) is 4.48. The van der Waals surface area contributed by atoms with Crippen LogP contribution in [0.4, 0.5) is 11.5 Å². The Balaban J connectivity index is 1.47. The predicted octanol–water partition coefficient (Wildman–Crippen LogP) is 2.94. The second-order valence-corrected chi connectivity index (χ2v) is 11.2. The molecule has 2 unspecified atom stereocenters. The first kappa shape index (κ1) is 24.6. The molecule has 1 saturated heterocycles. The molecule has 1 fully saturated rings. The lowest BCUT2D eigenvalue weighted by atomic mass is 9.91. The number of H-pyrrole nitrogens is 1. The number of hydrogen-bond acceptors (Lipinski definition) is 8. The van der Waals surface area contributed by atoms with E-state index in [-0.39, 0.29) is 30.9 Å². The number of benzene rings is 1. The van der Waals surface area contributed by atoms with Gasteiger partial charge in [0.15, 0.2) is 0 Å². The summed E-state index contributed by atoms with van der Waals surface area (Å²) in [6.07, 6.45) is 2.89. The minimum Gasteiger partial charge on any atom is -0.383 e. The molecule has 192 valence electrons.